The Morgan fingerprint density at radius 2 is 1.54 bits per heavy atom. The fourth-order valence-electron chi connectivity index (χ4n) is 3.05. The fraction of sp³-hybridized carbons (Fsp3) is 0.150. The number of thiophene rings is 1. The highest BCUT2D eigenvalue weighted by molar-refractivity contribution is 7.21. The molecule has 6 heteroatoms. The Labute approximate surface area is 153 Å². The Morgan fingerprint density at radius 1 is 0.962 bits per heavy atom. The molecule has 0 spiro atoms. The number of nitrogens with zero attached hydrogens (tertiary/aromatic N) is 1. The van der Waals surface area contributed by atoms with Crippen LogP contribution in [0, 0.1) is 20.8 Å². The SMILES string of the molecule is Cc1cc2sc(C(=O)ON3C(=O)c4ccccc4C3=O)c(C)c2cc1C. The van der Waals surface area contributed by atoms with Crippen molar-refractivity contribution in [2.24, 2.45) is 0 Å². The van der Waals surface area contributed by atoms with E-state index in [9.17, 15) is 14.4 Å². The van der Waals surface area contributed by atoms with Gasteiger partial charge >= 0.3 is 5.97 Å². The highest BCUT2D eigenvalue weighted by Gasteiger charge is 2.39. The Morgan fingerprint density at radius 3 is 2.15 bits per heavy atom. The number of fused-ring (bicyclic) bond motifs is 2. The van der Waals surface area contributed by atoms with Crippen LogP contribution < -0.4 is 0 Å². The van der Waals surface area contributed by atoms with Gasteiger partial charge in [-0.25, -0.2) is 4.79 Å². The van der Waals surface area contributed by atoms with E-state index in [1.54, 1.807) is 24.3 Å². The number of benzene rings is 2. The van der Waals surface area contributed by atoms with Crippen molar-refractivity contribution in [3.05, 3.63) is 69.1 Å². The summed E-state index contributed by atoms with van der Waals surface area (Å²) in [4.78, 5) is 42.9. The molecule has 1 aliphatic heterocycles. The van der Waals surface area contributed by atoms with Gasteiger partial charge in [0.25, 0.3) is 11.8 Å². The zero-order chi connectivity index (χ0) is 18.6. The minimum Gasteiger partial charge on any atom is -0.323 e. The summed E-state index contributed by atoms with van der Waals surface area (Å²) in [6.45, 7) is 5.87. The maximum Gasteiger partial charge on any atom is 0.374 e. The van der Waals surface area contributed by atoms with Crippen molar-refractivity contribution in [2.45, 2.75) is 20.8 Å². The van der Waals surface area contributed by atoms with Crippen LogP contribution >= 0.6 is 11.3 Å². The second-order valence-electron chi connectivity index (χ2n) is 6.32. The number of rotatable bonds is 2. The number of aryl methyl sites for hydroxylation is 3. The van der Waals surface area contributed by atoms with Gasteiger partial charge in [-0.05, 0) is 61.0 Å². The first-order chi connectivity index (χ1) is 12.4. The first kappa shape index (κ1) is 16.5. The molecule has 0 fully saturated rings. The van der Waals surface area contributed by atoms with Gasteiger partial charge in [0, 0.05) is 4.70 Å². The van der Waals surface area contributed by atoms with Crippen LogP contribution in [0.3, 0.4) is 0 Å². The van der Waals surface area contributed by atoms with Gasteiger partial charge < -0.3 is 4.84 Å². The predicted molar refractivity (Wildman–Crippen MR) is 98.4 cm³/mol. The van der Waals surface area contributed by atoms with Gasteiger partial charge in [-0.15, -0.1) is 11.3 Å². The monoisotopic (exact) mass is 365 g/mol. The third-order valence-corrected chi connectivity index (χ3v) is 5.90. The molecule has 0 atom stereocenters. The average Bonchev–Trinajstić information content (AvgIpc) is 3.06. The van der Waals surface area contributed by atoms with Crippen LogP contribution in [0.5, 0.6) is 0 Å². The molecule has 0 N–H and O–H groups in total. The smallest absolute Gasteiger partial charge is 0.323 e. The molecule has 130 valence electrons. The van der Waals surface area contributed by atoms with Crippen molar-refractivity contribution in [1.82, 2.24) is 5.06 Å². The number of imide groups is 1. The molecule has 1 aliphatic rings. The molecular formula is C20H15NO4S. The lowest BCUT2D eigenvalue weighted by atomic mass is 10.1. The van der Waals surface area contributed by atoms with Gasteiger partial charge in [0.1, 0.15) is 4.88 Å². The van der Waals surface area contributed by atoms with Gasteiger partial charge in [-0.2, -0.15) is 0 Å². The van der Waals surface area contributed by atoms with Crippen LogP contribution in [0.2, 0.25) is 0 Å². The van der Waals surface area contributed by atoms with E-state index >= 15 is 0 Å². The van der Waals surface area contributed by atoms with Crippen molar-refractivity contribution < 1.29 is 19.2 Å². The zero-order valence-electron chi connectivity index (χ0n) is 14.5. The predicted octanol–water partition coefficient (Wildman–Crippen LogP) is 4.19. The van der Waals surface area contributed by atoms with Crippen LogP contribution in [-0.2, 0) is 4.84 Å². The first-order valence-corrected chi connectivity index (χ1v) is 8.90. The summed E-state index contributed by atoms with van der Waals surface area (Å²) in [7, 11) is 0. The van der Waals surface area contributed by atoms with E-state index in [1.807, 2.05) is 32.9 Å². The number of hydrogen-bond donors (Lipinski definition) is 0. The molecule has 0 saturated carbocycles. The fourth-order valence-corrected chi connectivity index (χ4v) is 4.21. The van der Waals surface area contributed by atoms with Gasteiger partial charge in [0.05, 0.1) is 11.1 Å². The summed E-state index contributed by atoms with van der Waals surface area (Å²) in [6, 6.07) is 10.5. The molecule has 0 radical (unpaired) electrons. The first-order valence-electron chi connectivity index (χ1n) is 8.09. The molecule has 4 rings (SSSR count). The normalized spacial score (nSPS) is 13.4. The van der Waals surface area contributed by atoms with Crippen molar-refractivity contribution in [3.63, 3.8) is 0 Å². The molecule has 0 bridgehead atoms. The van der Waals surface area contributed by atoms with Crippen LogP contribution in [0.1, 0.15) is 47.1 Å². The molecule has 5 nitrogen and oxygen atoms in total. The summed E-state index contributed by atoms with van der Waals surface area (Å²) in [5.41, 5.74) is 3.54. The van der Waals surface area contributed by atoms with Crippen molar-refractivity contribution >= 4 is 39.2 Å². The molecule has 1 aromatic heterocycles. The highest BCUT2D eigenvalue weighted by Crippen LogP contribution is 2.34. The van der Waals surface area contributed by atoms with E-state index in [0.717, 1.165) is 26.8 Å². The molecular weight excluding hydrogens is 350 g/mol. The summed E-state index contributed by atoms with van der Waals surface area (Å²) in [5, 5.41) is 1.53. The van der Waals surface area contributed by atoms with Crippen LogP contribution in [0.25, 0.3) is 10.1 Å². The van der Waals surface area contributed by atoms with Crippen LogP contribution in [-0.4, -0.2) is 22.8 Å². The zero-order valence-corrected chi connectivity index (χ0v) is 15.3. The van der Waals surface area contributed by atoms with E-state index in [1.165, 1.54) is 11.3 Å². The number of amides is 2. The lowest BCUT2D eigenvalue weighted by Crippen LogP contribution is -2.32. The molecule has 2 heterocycles. The minimum absolute atomic E-state index is 0.240. The van der Waals surface area contributed by atoms with Gasteiger partial charge in [0.15, 0.2) is 0 Å². The molecule has 26 heavy (non-hydrogen) atoms. The molecule has 3 aromatic rings. The van der Waals surface area contributed by atoms with Crippen molar-refractivity contribution in [1.29, 1.82) is 0 Å². The third kappa shape index (κ3) is 2.34. The largest absolute Gasteiger partial charge is 0.374 e. The second kappa shape index (κ2) is 5.78. The molecule has 2 aromatic carbocycles. The van der Waals surface area contributed by atoms with E-state index in [0.29, 0.717) is 9.94 Å². The molecule has 0 aliphatic carbocycles. The molecule has 0 saturated heterocycles. The Bertz CT molecular complexity index is 1080. The molecule has 2 amide bonds. The van der Waals surface area contributed by atoms with E-state index in [-0.39, 0.29) is 11.1 Å². The van der Waals surface area contributed by atoms with Gasteiger partial charge in [-0.3, -0.25) is 9.59 Å². The Balaban J connectivity index is 1.68. The van der Waals surface area contributed by atoms with Crippen LogP contribution in [0.15, 0.2) is 36.4 Å². The number of hydroxylamine groups is 2. The number of hydrogen-bond acceptors (Lipinski definition) is 5. The topological polar surface area (TPSA) is 63.7 Å². The number of carbonyl (C=O) groups excluding carboxylic acids is 3. The second-order valence-corrected chi connectivity index (χ2v) is 7.37. The quantitative estimate of drug-likeness (QED) is 0.639. The van der Waals surface area contributed by atoms with E-state index in [2.05, 4.69) is 0 Å². The summed E-state index contributed by atoms with van der Waals surface area (Å²) >= 11 is 1.30. The molecule has 0 unspecified atom stereocenters. The Hall–Kier alpha value is -2.99. The van der Waals surface area contributed by atoms with E-state index < -0.39 is 17.8 Å². The van der Waals surface area contributed by atoms with Gasteiger partial charge in [-0.1, -0.05) is 23.3 Å². The van der Waals surface area contributed by atoms with Crippen molar-refractivity contribution in [3.8, 4) is 0 Å². The van der Waals surface area contributed by atoms with Gasteiger partial charge in [0.2, 0.25) is 0 Å². The lowest BCUT2D eigenvalue weighted by molar-refractivity contribution is -0.0581. The van der Waals surface area contributed by atoms with E-state index in [4.69, 9.17) is 4.84 Å². The highest BCUT2D eigenvalue weighted by atomic mass is 32.1. The van der Waals surface area contributed by atoms with Crippen LogP contribution in [0.4, 0.5) is 0 Å². The minimum atomic E-state index is -0.700. The maximum atomic E-state index is 12.6. The standard InChI is InChI=1S/C20H15NO4S/c1-10-8-15-12(3)17(26-16(15)9-11(10)2)20(24)25-21-18(22)13-6-4-5-7-14(13)19(21)23/h4-9H,1-3H3. The summed E-state index contributed by atoms with van der Waals surface area (Å²) in [5.74, 6) is -1.94. The summed E-state index contributed by atoms with van der Waals surface area (Å²) < 4.78 is 0.972. The Kier molecular flexibility index (Phi) is 3.66. The lowest BCUT2D eigenvalue weighted by Gasteiger charge is -2.12. The third-order valence-electron chi connectivity index (χ3n) is 4.67. The summed E-state index contributed by atoms with van der Waals surface area (Å²) in [6.07, 6.45) is 0. The average molecular weight is 365 g/mol. The number of carbonyl (C=O) groups is 3. The maximum absolute atomic E-state index is 12.6. The van der Waals surface area contributed by atoms with Crippen molar-refractivity contribution in [2.75, 3.05) is 0 Å².